The molecule has 0 aromatic heterocycles. The van der Waals surface area contributed by atoms with Crippen molar-refractivity contribution < 1.29 is 4.74 Å². The van der Waals surface area contributed by atoms with Crippen LogP contribution in [0, 0.1) is 0 Å². The highest BCUT2D eigenvalue weighted by molar-refractivity contribution is 5.45. The van der Waals surface area contributed by atoms with Gasteiger partial charge >= 0.3 is 0 Å². The van der Waals surface area contributed by atoms with Crippen molar-refractivity contribution in [2.75, 3.05) is 19.7 Å². The minimum atomic E-state index is 0.586. The molecule has 0 amide bonds. The molecule has 22 heavy (non-hydrogen) atoms. The van der Waals surface area contributed by atoms with E-state index >= 15 is 0 Å². The van der Waals surface area contributed by atoms with E-state index in [0.29, 0.717) is 6.61 Å². The molecule has 2 heteroatoms. The lowest BCUT2D eigenvalue weighted by molar-refractivity contribution is 0.295. The molecule has 2 nitrogen and oxygen atoms in total. The van der Waals surface area contributed by atoms with Crippen LogP contribution in [0.1, 0.15) is 57.2 Å². The maximum absolute atomic E-state index is 6.00. The van der Waals surface area contributed by atoms with Crippen LogP contribution in [-0.2, 0) is 19.4 Å². The molecule has 0 atom stereocenters. The lowest BCUT2D eigenvalue weighted by atomic mass is 9.97. The third-order valence-corrected chi connectivity index (χ3v) is 3.99. The smallest absolute Gasteiger partial charge is 0.126 e. The molecule has 1 aromatic carbocycles. The molecule has 0 spiro atoms. The average molecular weight is 303 g/mol. The maximum atomic E-state index is 6.00. The molecule has 0 heterocycles. The molecule has 0 aliphatic rings. The van der Waals surface area contributed by atoms with Crippen LogP contribution < -0.4 is 4.74 Å². The first kappa shape index (κ1) is 18.8. The van der Waals surface area contributed by atoms with Gasteiger partial charge in [0.2, 0.25) is 0 Å². The molecule has 0 aliphatic heterocycles. The zero-order valence-electron chi connectivity index (χ0n) is 15.0. The number of benzene rings is 1. The Balaban J connectivity index is 3.16. The van der Waals surface area contributed by atoms with Crippen LogP contribution in [-0.4, -0.2) is 24.6 Å². The Labute approximate surface area is 137 Å². The van der Waals surface area contributed by atoms with E-state index in [-0.39, 0.29) is 0 Å². The van der Waals surface area contributed by atoms with Crippen LogP contribution in [0.2, 0.25) is 0 Å². The van der Waals surface area contributed by atoms with Gasteiger partial charge in [0.05, 0.1) is 0 Å². The molecule has 1 rings (SSSR count). The van der Waals surface area contributed by atoms with Gasteiger partial charge in [-0.2, -0.15) is 0 Å². The van der Waals surface area contributed by atoms with Gasteiger partial charge in [-0.25, -0.2) is 0 Å². The highest BCUT2D eigenvalue weighted by atomic mass is 16.5. The summed E-state index contributed by atoms with van der Waals surface area (Å²) < 4.78 is 6.00. The predicted molar refractivity (Wildman–Crippen MR) is 96.7 cm³/mol. The van der Waals surface area contributed by atoms with Crippen molar-refractivity contribution >= 4 is 0 Å². The van der Waals surface area contributed by atoms with Gasteiger partial charge in [-0.1, -0.05) is 65.3 Å². The van der Waals surface area contributed by atoms with Crippen molar-refractivity contribution in [3.05, 3.63) is 41.5 Å². The van der Waals surface area contributed by atoms with Gasteiger partial charge in [0, 0.05) is 6.54 Å². The maximum Gasteiger partial charge on any atom is 0.126 e. The van der Waals surface area contributed by atoms with Crippen LogP contribution in [0.3, 0.4) is 0 Å². The number of hydrogen-bond donors (Lipinski definition) is 0. The lowest BCUT2D eigenvalue weighted by Gasteiger charge is -2.21. The number of hydrogen-bond acceptors (Lipinski definition) is 2. The summed E-state index contributed by atoms with van der Waals surface area (Å²) in [5.41, 5.74) is 4.14. The van der Waals surface area contributed by atoms with Crippen molar-refractivity contribution in [3.8, 4) is 5.75 Å². The fourth-order valence-corrected chi connectivity index (χ4v) is 2.86. The van der Waals surface area contributed by atoms with Crippen molar-refractivity contribution in [2.45, 2.75) is 59.9 Å². The van der Waals surface area contributed by atoms with E-state index in [9.17, 15) is 0 Å². The minimum Gasteiger partial charge on any atom is -0.489 e. The zero-order chi connectivity index (χ0) is 16.4. The summed E-state index contributed by atoms with van der Waals surface area (Å²) in [7, 11) is 0. The molecule has 0 fully saturated rings. The Morgan fingerprint density at radius 3 is 1.95 bits per heavy atom. The van der Waals surface area contributed by atoms with Gasteiger partial charge in [0.25, 0.3) is 0 Å². The van der Waals surface area contributed by atoms with Crippen molar-refractivity contribution in [2.24, 2.45) is 0 Å². The van der Waals surface area contributed by atoms with Crippen molar-refractivity contribution in [3.63, 3.8) is 0 Å². The molecule has 0 saturated carbocycles. The Bertz CT molecular complexity index is 422. The summed E-state index contributed by atoms with van der Waals surface area (Å²) in [5.74, 6) is 1.10. The van der Waals surface area contributed by atoms with Crippen molar-refractivity contribution in [1.82, 2.24) is 4.90 Å². The van der Waals surface area contributed by atoms with E-state index in [2.05, 4.69) is 51.3 Å². The van der Waals surface area contributed by atoms with E-state index in [1.54, 1.807) is 0 Å². The van der Waals surface area contributed by atoms with Gasteiger partial charge in [0.1, 0.15) is 12.4 Å². The Kier molecular flexibility index (Phi) is 8.91. The quantitative estimate of drug-likeness (QED) is 0.533. The second kappa shape index (κ2) is 10.4. The van der Waals surface area contributed by atoms with E-state index in [4.69, 9.17) is 4.74 Å². The third kappa shape index (κ3) is 5.49. The van der Waals surface area contributed by atoms with Crippen LogP contribution in [0.5, 0.6) is 5.75 Å². The fraction of sp³-hybridized carbons (Fsp3) is 0.600. The summed E-state index contributed by atoms with van der Waals surface area (Å²) in [5, 5.41) is 0. The van der Waals surface area contributed by atoms with Gasteiger partial charge in [-0.05, 0) is 42.6 Å². The number of rotatable bonds is 11. The standard InChI is InChI=1S/C20H33NO/c1-6-11-18-14-17(16-21(9-4)10-5)15-19(12-7-2)20(18)22-13-8-3/h8,14-15H,3,6-7,9-13,16H2,1-2,4-5H3. The third-order valence-electron chi connectivity index (χ3n) is 3.99. The monoisotopic (exact) mass is 303 g/mol. The lowest BCUT2D eigenvalue weighted by Crippen LogP contribution is -2.22. The van der Waals surface area contributed by atoms with Crippen LogP contribution in [0.4, 0.5) is 0 Å². The highest BCUT2D eigenvalue weighted by Crippen LogP contribution is 2.29. The van der Waals surface area contributed by atoms with E-state index in [1.807, 2.05) is 6.08 Å². The summed E-state index contributed by atoms with van der Waals surface area (Å²) in [4.78, 5) is 2.46. The Hall–Kier alpha value is -1.28. The first-order valence-electron chi connectivity index (χ1n) is 8.80. The molecule has 1 aromatic rings. The molecule has 124 valence electrons. The summed E-state index contributed by atoms with van der Waals surface area (Å²) in [6.07, 6.45) is 6.27. The number of aryl methyl sites for hydroxylation is 2. The first-order valence-corrected chi connectivity index (χ1v) is 8.80. The van der Waals surface area contributed by atoms with Crippen LogP contribution in [0.15, 0.2) is 24.8 Å². The van der Waals surface area contributed by atoms with Gasteiger partial charge < -0.3 is 4.74 Å². The minimum absolute atomic E-state index is 0.586. The molecular weight excluding hydrogens is 270 g/mol. The van der Waals surface area contributed by atoms with E-state index < -0.39 is 0 Å². The Morgan fingerprint density at radius 1 is 1.00 bits per heavy atom. The largest absolute Gasteiger partial charge is 0.489 e. The molecule has 0 unspecified atom stereocenters. The molecular formula is C20H33NO. The fourth-order valence-electron chi connectivity index (χ4n) is 2.86. The van der Waals surface area contributed by atoms with E-state index in [0.717, 1.165) is 51.1 Å². The average Bonchev–Trinajstić information content (AvgIpc) is 2.52. The second-order valence-corrected chi connectivity index (χ2v) is 5.80. The number of nitrogens with zero attached hydrogens (tertiary/aromatic N) is 1. The topological polar surface area (TPSA) is 12.5 Å². The zero-order valence-corrected chi connectivity index (χ0v) is 15.0. The molecule has 0 N–H and O–H groups in total. The molecule has 0 radical (unpaired) electrons. The SMILES string of the molecule is C=CCOc1c(CCC)cc(CN(CC)CC)cc1CCC. The highest BCUT2D eigenvalue weighted by Gasteiger charge is 2.13. The predicted octanol–water partition coefficient (Wildman–Crippen LogP) is 5.00. The molecule has 0 saturated heterocycles. The van der Waals surface area contributed by atoms with Crippen LogP contribution in [0.25, 0.3) is 0 Å². The Morgan fingerprint density at radius 2 is 1.55 bits per heavy atom. The normalized spacial score (nSPS) is 11.0. The van der Waals surface area contributed by atoms with E-state index in [1.165, 1.54) is 16.7 Å². The van der Waals surface area contributed by atoms with Crippen molar-refractivity contribution in [1.29, 1.82) is 0 Å². The summed E-state index contributed by atoms with van der Waals surface area (Å²) in [6, 6.07) is 4.69. The molecule has 0 aliphatic carbocycles. The number of ether oxygens (including phenoxy) is 1. The second-order valence-electron chi connectivity index (χ2n) is 5.80. The van der Waals surface area contributed by atoms with Crippen LogP contribution >= 0.6 is 0 Å². The van der Waals surface area contributed by atoms with Gasteiger partial charge in [-0.15, -0.1) is 0 Å². The van der Waals surface area contributed by atoms with Gasteiger partial charge in [0.15, 0.2) is 0 Å². The van der Waals surface area contributed by atoms with Gasteiger partial charge in [-0.3, -0.25) is 4.90 Å². The summed E-state index contributed by atoms with van der Waals surface area (Å²) >= 11 is 0. The summed E-state index contributed by atoms with van der Waals surface area (Å²) in [6.45, 7) is 16.5. The molecule has 0 bridgehead atoms. The first-order chi connectivity index (χ1) is 10.7.